The van der Waals surface area contributed by atoms with E-state index in [1.807, 2.05) is 4.90 Å². The number of methoxy groups -OCH3 is 1. The van der Waals surface area contributed by atoms with Gasteiger partial charge in [-0.1, -0.05) is 25.6 Å². The third kappa shape index (κ3) is 2.83. The van der Waals surface area contributed by atoms with Crippen molar-refractivity contribution in [3.63, 3.8) is 0 Å². The first-order valence-corrected chi connectivity index (χ1v) is 7.00. The van der Waals surface area contributed by atoms with Crippen LogP contribution >= 0.6 is 12.2 Å². The maximum Gasteiger partial charge on any atom is 0.235 e. The van der Waals surface area contributed by atoms with Crippen LogP contribution in [0.4, 0.5) is 0 Å². The van der Waals surface area contributed by atoms with Gasteiger partial charge in [0, 0.05) is 19.7 Å². The molecule has 104 valence electrons. The maximum absolute atomic E-state index is 12.7. The van der Waals surface area contributed by atoms with Crippen molar-refractivity contribution >= 4 is 23.1 Å². The Bertz CT molecular complexity index is 316. The maximum atomic E-state index is 12.7. The van der Waals surface area contributed by atoms with Crippen molar-refractivity contribution in [1.29, 1.82) is 0 Å². The van der Waals surface area contributed by atoms with E-state index in [1.54, 1.807) is 7.11 Å². The molecular formula is C13H24N2O2S. The highest BCUT2D eigenvalue weighted by atomic mass is 32.1. The third-order valence-corrected chi connectivity index (χ3v) is 4.40. The molecule has 0 saturated heterocycles. The lowest BCUT2D eigenvalue weighted by Gasteiger charge is -2.44. The number of carbonyl (C=O) groups excluding carboxylic acids is 1. The van der Waals surface area contributed by atoms with Crippen molar-refractivity contribution in [1.82, 2.24) is 4.90 Å². The second kappa shape index (κ2) is 6.48. The molecular weight excluding hydrogens is 248 g/mol. The van der Waals surface area contributed by atoms with Crippen molar-refractivity contribution in [2.24, 2.45) is 11.1 Å². The van der Waals surface area contributed by atoms with Crippen molar-refractivity contribution in [3.8, 4) is 0 Å². The van der Waals surface area contributed by atoms with Crippen LogP contribution < -0.4 is 5.73 Å². The minimum atomic E-state index is -0.577. The summed E-state index contributed by atoms with van der Waals surface area (Å²) in [5, 5.41) is 0. The molecule has 1 fully saturated rings. The van der Waals surface area contributed by atoms with E-state index < -0.39 is 5.41 Å². The molecule has 1 unspecified atom stereocenters. The largest absolute Gasteiger partial charge is 0.392 e. The zero-order chi connectivity index (χ0) is 13.8. The molecule has 2 N–H and O–H groups in total. The Balaban J connectivity index is 2.83. The van der Waals surface area contributed by atoms with Crippen LogP contribution in [0.25, 0.3) is 0 Å². The number of nitrogens with two attached hydrogens (primary N) is 1. The molecule has 1 saturated carbocycles. The van der Waals surface area contributed by atoms with Crippen LogP contribution in [0.5, 0.6) is 0 Å². The molecule has 1 atom stereocenters. The lowest BCUT2D eigenvalue weighted by molar-refractivity contribution is -0.144. The molecule has 1 amide bonds. The normalized spacial score (nSPS) is 18.8. The fourth-order valence-corrected chi connectivity index (χ4v) is 2.59. The monoisotopic (exact) mass is 272 g/mol. The highest BCUT2D eigenvalue weighted by Gasteiger charge is 2.49. The lowest BCUT2D eigenvalue weighted by atomic mass is 9.67. The lowest BCUT2D eigenvalue weighted by Crippen LogP contribution is -2.56. The number of ether oxygens (including phenoxy) is 1. The second-order valence-electron chi connectivity index (χ2n) is 5.05. The number of carbonyl (C=O) groups is 1. The molecule has 0 heterocycles. The zero-order valence-corrected chi connectivity index (χ0v) is 12.4. The van der Waals surface area contributed by atoms with Gasteiger partial charge in [-0.15, -0.1) is 0 Å². The summed E-state index contributed by atoms with van der Waals surface area (Å²) in [4.78, 5) is 14.9. The molecule has 4 nitrogen and oxygen atoms in total. The Hall–Kier alpha value is -0.680. The molecule has 5 heteroatoms. The van der Waals surface area contributed by atoms with E-state index in [2.05, 4.69) is 13.8 Å². The van der Waals surface area contributed by atoms with E-state index in [0.29, 0.717) is 18.1 Å². The topological polar surface area (TPSA) is 55.6 Å². The SMILES string of the molecule is CCC(C)N(CCOC)C(=O)C1(C(N)=S)CCC1. The van der Waals surface area contributed by atoms with Gasteiger partial charge in [-0.25, -0.2) is 0 Å². The van der Waals surface area contributed by atoms with E-state index in [9.17, 15) is 4.79 Å². The Morgan fingerprint density at radius 3 is 2.50 bits per heavy atom. The first kappa shape index (κ1) is 15.4. The molecule has 0 aromatic heterocycles. The van der Waals surface area contributed by atoms with Gasteiger partial charge in [0.1, 0.15) is 0 Å². The van der Waals surface area contributed by atoms with E-state index in [4.69, 9.17) is 22.7 Å². The van der Waals surface area contributed by atoms with Crippen LogP contribution in [0.3, 0.4) is 0 Å². The number of hydrogen-bond acceptors (Lipinski definition) is 3. The minimum Gasteiger partial charge on any atom is -0.392 e. The number of amides is 1. The average molecular weight is 272 g/mol. The Kier molecular flexibility index (Phi) is 5.53. The summed E-state index contributed by atoms with van der Waals surface area (Å²) in [6.07, 6.45) is 3.53. The number of hydrogen-bond donors (Lipinski definition) is 1. The molecule has 0 aromatic carbocycles. The van der Waals surface area contributed by atoms with Crippen molar-refractivity contribution in [2.75, 3.05) is 20.3 Å². The summed E-state index contributed by atoms with van der Waals surface area (Å²) in [7, 11) is 1.64. The molecule has 1 aliphatic rings. The highest BCUT2D eigenvalue weighted by molar-refractivity contribution is 7.80. The van der Waals surface area contributed by atoms with E-state index in [1.165, 1.54) is 0 Å². The molecule has 18 heavy (non-hydrogen) atoms. The molecule has 1 rings (SSSR count). The first-order valence-electron chi connectivity index (χ1n) is 6.59. The molecule has 1 aliphatic carbocycles. The van der Waals surface area contributed by atoms with Gasteiger partial charge in [-0.05, 0) is 26.2 Å². The molecule has 0 aliphatic heterocycles. The van der Waals surface area contributed by atoms with Crippen LogP contribution in [-0.4, -0.2) is 42.1 Å². The molecule has 0 bridgehead atoms. The average Bonchev–Trinajstić information content (AvgIpc) is 2.27. The summed E-state index contributed by atoms with van der Waals surface area (Å²) < 4.78 is 5.08. The van der Waals surface area contributed by atoms with Crippen LogP contribution in [0.15, 0.2) is 0 Å². The van der Waals surface area contributed by atoms with Crippen molar-refractivity contribution in [2.45, 2.75) is 45.6 Å². The van der Waals surface area contributed by atoms with Gasteiger partial charge < -0.3 is 15.4 Å². The van der Waals surface area contributed by atoms with Gasteiger partial charge in [0.25, 0.3) is 0 Å². The summed E-state index contributed by atoms with van der Waals surface area (Å²) in [6, 6.07) is 0.194. The summed E-state index contributed by atoms with van der Waals surface area (Å²) >= 11 is 5.11. The number of thiocarbonyl (C=S) groups is 1. The summed E-state index contributed by atoms with van der Waals surface area (Å²) in [5.41, 5.74) is 5.22. The third-order valence-electron chi connectivity index (χ3n) is 4.01. The predicted octanol–water partition coefficient (Wildman–Crippen LogP) is 1.72. The fraction of sp³-hybridized carbons (Fsp3) is 0.846. The summed E-state index contributed by atoms with van der Waals surface area (Å²) in [5.74, 6) is 0.0904. The quantitative estimate of drug-likeness (QED) is 0.717. The predicted molar refractivity (Wildman–Crippen MR) is 76.4 cm³/mol. The highest BCUT2D eigenvalue weighted by Crippen LogP contribution is 2.43. The molecule has 0 aromatic rings. The van der Waals surface area contributed by atoms with E-state index in [0.717, 1.165) is 25.7 Å². The van der Waals surface area contributed by atoms with E-state index >= 15 is 0 Å². The van der Waals surface area contributed by atoms with Crippen LogP contribution in [0, 0.1) is 5.41 Å². The van der Waals surface area contributed by atoms with Gasteiger partial charge in [-0.3, -0.25) is 4.79 Å². The Morgan fingerprint density at radius 1 is 1.56 bits per heavy atom. The van der Waals surface area contributed by atoms with Gasteiger partial charge in [0.15, 0.2) is 0 Å². The minimum absolute atomic E-state index is 0.0904. The number of nitrogens with zero attached hydrogens (tertiary/aromatic N) is 1. The van der Waals surface area contributed by atoms with Crippen molar-refractivity contribution < 1.29 is 9.53 Å². The fourth-order valence-electron chi connectivity index (χ4n) is 2.30. The van der Waals surface area contributed by atoms with Crippen molar-refractivity contribution in [3.05, 3.63) is 0 Å². The Labute approximate surface area is 115 Å². The van der Waals surface area contributed by atoms with Gasteiger partial charge in [-0.2, -0.15) is 0 Å². The zero-order valence-electron chi connectivity index (χ0n) is 11.6. The smallest absolute Gasteiger partial charge is 0.235 e. The van der Waals surface area contributed by atoms with Crippen LogP contribution in [0.2, 0.25) is 0 Å². The van der Waals surface area contributed by atoms with Gasteiger partial charge in [0.05, 0.1) is 17.0 Å². The first-order chi connectivity index (χ1) is 8.49. The molecule has 0 spiro atoms. The summed E-state index contributed by atoms with van der Waals surface area (Å²) in [6.45, 7) is 5.28. The second-order valence-corrected chi connectivity index (χ2v) is 5.49. The van der Waals surface area contributed by atoms with E-state index in [-0.39, 0.29) is 11.9 Å². The van der Waals surface area contributed by atoms with Gasteiger partial charge >= 0.3 is 0 Å². The number of rotatable bonds is 7. The Morgan fingerprint density at radius 2 is 2.17 bits per heavy atom. The van der Waals surface area contributed by atoms with Crippen LogP contribution in [-0.2, 0) is 9.53 Å². The standard InChI is InChI=1S/C13H24N2O2S/c1-4-10(2)15(8-9-17-3)12(16)13(11(14)18)6-5-7-13/h10H,4-9H2,1-3H3,(H2,14,18). The molecule has 0 radical (unpaired) electrons. The van der Waals surface area contributed by atoms with Gasteiger partial charge in [0.2, 0.25) is 5.91 Å². The van der Waals surface area contributed by atoms with Crippen LogP contribution in [0.1, 0.15) is 39.5 Å².